The van der Waals surface area contributed by atoms with E-state index in [1.54, 1.807) is 16.4 Å². The van der Waals surface area contributed by atoms with Crippen molar-refractivity contribution < 1.29 is 9.32 Å². The van der Waals surface area contributed by atoms with Crippen molar-refractivity contribution in [2.45, 2.75) is 45.2 Å². The minimum absolute atomic E-state index is 0.0678. The first kappa shape index (κ1) is 18.8. The van der Waals surface area contributed by atoms with Gasteiger partial charge in [0.1, 0.15) is 6.54 Å². The molecule has 0 atom stereocenters. The van der Waals surface area contributed by atoms with Crippen LogP contribution in [0.3, 0.4) is 0 Å². The fourth-order valence-corrected chi connectivity index (χ4v) is 3.17. The molecule has 3 heterocycles. The zero-order valence-corrected chi connectivity index (χ0v) is 15.9. The Bertz CT molecular complexity index is 710. The molecule has 2 aromatic heterocycles. The molecule has 0 saturated carbocycles. The van der Waals surface area contributed by atoms with Gasteiger partial charge in [0.2, 0.25) is 11.8 Å². The summed E-state index contributed by atoms with van der Waals surface area (Å²) in [7, 11) is 0. The Morgan fingerprint density at radius 3 is 2.96 bits per heavy atom. The van der Waals surface area contributed by atoms with E-state index in [1.165, 1.54) is 12.8 Å². The summed E-state index contributed by atoms with van der Waals surface area (Å²) in [6.45, 7) is 5.28. The lowest BCUT2D eigenvalue weighted by Gasteiger charge is -2.29. The highest BCUT2D eigenvalue weighted by molar-refractivity contribution is 7.97. The molecule has 1 saturated heterocycles. The molecule has 1 N–H and O–H groups in total. The molecule has 11 heteroatoms. The van der Waals surface area contributed by atoms with Gasteiger partial charge in [-0.3, -0.25) is 9.69 Å². The summed E-state index contributed by atoms with van der Waals surface area (Å²) in [5, 5.41) is 18.3. The van der Waals surface area contributed by atoms with E-state index in [2.05, 4.69) is 42.8 Å². The predicted molar refractivity (Wildman–Crippen MR) is 94.9 cm³/mol. The molecule has 0 spiro atoms. The van der Waals surface area contributed by atoms with E-state index in [-0.39, 0.29) is 19.0 Å². The molecule has 0 aliphatic carbocycles. The Hall–Kier alpha value is -2.01. The van der Waals surface area contributed by atoms with Gasteiger partial charge in [0, 0.05) is 0 Å². The highest BCUT2D eigenvalue weighted by atomic mass is 32.2. The van der Waals surface area contributed by atoms with E-state index >= 15 is 0 Å². The second-order valence-corrected chi connectivity index (χ2v) is 7.39. The van der Waals surface area contributed by atoms with Gasteiger partial charge in [-0.2, -0.15) is 16.7 Å². The van der Waals surface area contributed by atoms with Gasteiger partial charge in [-0.1, -0.05) is 12.1 Å². The lowest BCUT2D eigenvalue weighted by Crippen LogP contribution is -2.34. The first-order valence-corrected chi connectivity index (χ1v) is 10.1. The van der Waals surface area contributed by atoms with E-state index in [0.29, 0.717) is 29.8 Å². The van der Waals surface area contributed by atoms with E-state index in [4.69, 9.17) is 4.52 Å². The van der Waals surface area contributed by atoms with Gasteiger partial charge in [0.05, 0.1) is 18.8 Å². The van der Waals surface area contributed by atoms with Crippen molar-refractivity contribution in [3.8, 4) is 0 Å². The normalized spacial score (nSPS) is 16.1. The molecule has 0 bridgehead atoms. The van der Waals surface area contributed by atoms with E-state index in [0.717, 1.165) is 19.0 Å². The van der Waals surface area contributed by atoms with Crippen molar-refractivity contribution in [2.75, 3.05) is 19.3 Å². The molecule has 10 nitrogen and oxygen atoms in total. The molecule has 3 rings (SSSR count). The summed E-state index contributed by atoms with van der Waals surface area (Å²) in [5.41, 5.74) is 0. The number of thioether (sulfide) groups is 1. The molecule has 0 aromatic carbocycles. The zero-order valence-electron chi connectivity index (χ0n) is 15.1. The van der Waals surface area contributed by atoms with Crippen molar-refractivity contribution in [3.05, 3.63) is 17.5 Å². The smallest absolute Gasteiger partial charge is 0.246 e. The fourth-order valence-electron chi connectivity index (χ4n) is 2.80. The average Bonchev–Trinajstić information content (AvgIpc) is 3.25. The molecule has 0 unspecified atom stereocenters. The van der Waals surface area contributed by atoms with E-state index in [9.17, 15) is 4.79 Å². The number of hydrogen-bond acceptors (Lipinski definition) is 9. The van der Waals surface area contributed by atoms with Gasteiger partial charge in [0.25, 0.3) is 0 Å². The molecule has 1 aliphatic rings. The molecular formula is C15H24N8O2S. The van der Waals surface area contributed by atoms with Crippen LogP contribution in [0, 0.1) is 5.92 Å². The molecular weight excluding hydrogens is 356 g/mol. The van der Waals surface area contributed by atoms with E-state index < -0.39 is 0 Å². The maximum Gasteiger partial charge on any atom is 0.246 e. The van der Waals surface area contributed by atoms with Crippen LogP contribution < -0.4 is 5.32 Å². The quantitative estimate of drug-likeness (QED) is 0.697. The van der Waals surface area contributed by atoms with Crippen LogP contribution in [-0.4, -0.2) is 60.5 Å². The highest BCUT2D eigenvalue weighted by Gasteiger charge is 2.19. The summed E-state index contributed by atoms with van der Waals surface area (Å²) < 4.78 is 6.63. The minimum atomic E-state index is -0.199. The Labute approximate surface area is 156 Å². The number of tetrazole rings is 1. The monoisotopic (exact) mass is 380 g/mol. The van der Waals surface area contributed by atoms with Gasteiger partial charge in [-0.15, -0.1) is 5.10 Å². The Morgan fingerprint density at radius 1 is 1.38 bits per heavy atom. The SMILES string of the molecule is CSCc1noc(CNC(=O)Cn2nnnc2CN2CCC(C)CC2)n1. The summed E-state index contributed by atoms with van der Waals surface area (Å²) >= 11 is 1.61. The van der Waals surface area contributed by atoms with Gasteiger partial charge in [-0.05, 0) is 48.5 Å². The van der Waals surface area contributed by atoms with Crippen molar-refractivity contribution in [3.63, 3.8) is 0 Å². The lowest BCUT2D eigenvalue weighted by atomic mass is 9.99. The number of nitrogens with zero attached hydrogens (tertiary/aromatic N) is 7. The van der Waals surface area contributed by atoms with Crippen molar-refractivity contribution >= 4 is 17.7 Å². The molecule has 26 heavy (non-hydrogen) atoms. The minimum Gasteiger partial charge on any atom is -0.345 e. The van der Waals surface area contributed by atoms with Crippen molar-refractivity contribution in [1.29, 1.82) is 0 Å². The standard InChI is InChI=1S/C15H24N8O2S/c1-11-3-5-22(6-4-11)8-13-18-20-21-23(13)9-14(24)16-7-15-17-12(10-26-2)19-25-15/h11H,3-10H2,1-2H3,(H,16,24). The first-order chi connectivity index (χ1) is 12.6. The largest absolute Gasteiger partial charge is 0.345 e. The van der Waals surface area contributed by atoms with Crippen LogP contribution in [0.4, 0.5) is 0 Å². The van der Waals surface area contributed by atoms with Gasteiger partial charge < -0.3 is 9.84 Å². The van der Waals surface area contributed by atoms with Gasteiger partial charge in [-0.25, -0.2) is 4.68 Å². The molecule has 0 radical (unpaired) electrons. The maximum atomic E-state index is 12.2. The van der Waals surface area contributed by atoms with Crippen LogP contribution in [0.1, 0.15) is 37.3 Å². The summed E-state index contributed by atoms with van der Waals surface area (Å²) in [6.07, 6.45) is 4.33. The van der Waals surface area contributed by atoms with Crippen LogP contribution >= 0.6 is 11.8 Å². The van der Waals surface area contributed by atoms with E-state index in [1.807, 2.05) is 6.26 Å². The second kappa shape index (κ2) is 9.08. The van der Waals surface area contributed by atoms with Crippen molar-refractivity contribution in [1.82, 2.24) is 40.6 Å². The average molecular weight is 380 g/mol. The van der Waals surface area contributed by atoms with Crippen LogP contribution in [0.2, 0.25) is 0 Å². The number of nitrogens with one attached hydrogen (secondary N) is 1. The second-order valence-electron chi connectivity index (χ2n) is 6.53. The number of rotatable bonds is 8. The van der Waals surface area contributed by atoms with Crippen LogP contribution in [-0.2, 0) is 30.2 Å². The predicted octanol–water partition coefficient (Wildman–Crippen LogP) is 0.467. The number of piperidine rings is 1. The van der Waals surface area contributed by atoms with Crippen LogP contribution in [0.25, 0.3) is 0 Å². The third-order valence-electron chi connectivity index (χ3n) is 4.36. The number of likely N-dealkylation sites (tertiary alicyclic amines) is 1. The topological polar surface area (TPSA) is 115 Å². The number of carbonyl (C=O) groups excluding carboxylic acids is 1. The number of amides is 1. The van der Waals surface area contributed by atoms with Gasteiger partial charge >= 0.3 is 0 Å². The summed E-state index contributed by atoms with van der Waals surface area (Å²) in [5.74, 6) is 2.97. The summed E-state index contributed by atoms with van der Waals surface area (Å²) in [4.78, 5) is 18.7. The van der Waals surface area contributed by atoms with Gasteiger partial charge in [0.15, 0.2) is 11.6 Å². The highest BCUT2D eigenvalue weighted by Crippen LogP contribution is 2.17. The molecule has 1 aliphatic heterocycles. The summed E-state index contributed by atoms with van der Waals surface area (Å²) in [6, 6.07) is 0. The number of aromatic nitrogens is 6. The third-order valence-corrected chi connectivity index (χ3v) is 4.91. The fraction of sp³-hybridized carbons (Fsp3) is 0.733. The Balaban J connectivity index is 1.47. The maximum absolute atomic E-state index is 12.2. The van der Waals surface area contributed by atoms with Crippen LogP contribution in [0.15, 0.2) is 4.52 Å². The molecule has 142 valence electrons. The Morgan fingerprint density at radius 2 is 2.19 bits per heavy atom. The molecule has 1 amide bonds. The van der Waals surface area contributed by atoms with Crippen molar-refractivity contribution in [2.24, 2.45) is 5.92 Å². The first-order valence-electron chi connectivity index (χ1n) is 8.68. The molecule has 2 aromatic rings. The third kappa shape index (κ3) is 5.24. The molecule has 1 fully saturated rings. The van der Waals surface area contributed by atoms with Crippen LogP contribution in [0.5, 0.6) is 0 Å². The Kier molecular flexibility index (Phi) is 6.56. The lowest BCUT2D eigenvalue weighted by molar-refractivity contribution is -0.122. The number of hydrogen-bond donors (Lipinski definition) is 1. The number of carbonyl (C=O) groups is 1. The zero-order chi connectivity index (χ0) is 18.4.